The van der Waals surface area contributed by atoms with Crippen molar-refractivity contribution in [2.24, 2.45) is 5.73 Å². The van der Waals surface area contributed by atoms with E-state index in [4.69, 9.17) is 5.73 Å². The van der Waals surface area contributed by atoms with Gasteiger partial charge in [0.2, 0.25) is 0 Å². The summed E-state index contributed by atoms with van der Waals surface area (Å²) in [5.41, 5.74) is 7.18. The molecule has 4 heteroatoms. The number of hydrogen-bond acceptors (Lipinski definition) is 4. The summed E-state index contributed by atoms with van der Waals surface area (Å²) in [6.45, 7) is 4.20. The molecule has 0 amide bonds. The molecule has 0 spiro atoms. The van der Waals surface area contributed by atoms with Gasteiger partial charge in [-0.15, -0.1) is 0 Å². The largest absolute Gasteiger partial charge is 0.355 e. The second-order valence-electron chi connectivity index (χ2n) is 5.52. The van der Waals surface area contributed by atoms with Gasteiger partial charge < -0.3 is 15.5 Å². The van der Waals surface area contributed by atoms with Crippen LogP contribution in [0.5, 0.6) is 0 Å². The van der Waals surface area contributed by atoms with Gasteiger partial charge in [-0.1, -0.05) is 6.07 Å². The highest BCUT2D eigenvalue weighted by Crippen LogP contribution is 2.24. The van der Waals surface area contributed by atoms with Gasteiger partial charge in [-0.25, -0.2) is 4.98 Å². The van der Waals surface area contributed by atoms with E-state index in [2.05, 4.69) is 34.9 Å². The van der Waals surface area contributed by atoms with Crippen molar-refractivity contribution in [2.75, 3.05) is 32.1 Å². The summed E-state index contributed by atoms with van der Waals surface area (Å²) in [5.74, 6) is 1.12. The molecule has 1 saturated heterocycles. The van der Waals surface area contributed by atoms with Crippen LogP contribution in [-0.4, -0.2) is 49.2 Å². The predicted molar refractivity (Wildman–Crippen MR) is 75.9 cm³/mol. The molecule has 1 aliphatic heterocycles. The zero-order valence-corrected chi connectivity index (χ0v) is 11.6. The first-order valence-electron chi connectivity index (χ1n) is 6.68. The highest BCUT2D eigenvalue weighted by Gasteiger charge is 2.26. The van der Waals surface area contributed by atoms with Gasteiger partial charge in [-0.2, -0.15) is 0 Å². The quantitative estimate of drug-likeness (QED) is 0.867. The van der Waals surface area contributed by atoms with Crippen molar-refractivity contribution >= 4 is 5.82 Å². The van der Waals surface area contributed by atoms with E-state index in [1.807, 2.05) is 19.2 Å². The Hall–Kier alpha value is -1.13. The summed E-state index contributed by atoms with van der Waals surface area (Å²) in [6, 6.07) is 4.96. The molecule has 18 heavy (non-hydrogen) atoms. The second kappa shape index (κ2) is 5.67. The molecular weight excluding hydrogens is 224 g/mol. The zero-order chi connectivity index (χ0) is 13.1. The molecule has 2 rings (SSSR count). The number of nitrogens with two attached hydrogens (primary N) is 1. The van der Waals surface area contributed by atoms with Crippen molar-refractivity contribution in [3.63, 3.8) is 0 Å². The van der Waals surface area contributed by atoms with Crippen LogP contribution in [0.1, 0.15) is 18.9 Å². The van der Waals surface area contributed by atoms with E-state index in [9.17, 15) is 0 Å². The molecule has 1 aromatic heterocycles. The molecule has 4 nitrogen and oxygen atoms in total. The molecule has 2 heterocycles. The Labute approximate surface area is 110 Å². The standard InChI is InChI=1S/C14H24N4/c1-11(15)9-12-5-4-7-16-14(12)18-8-6-13(10-18)17(2)3/h4-5,7,11,13H,6,8-10,15H2,1-3H3. The van der Waals surface area contributed by atoms with Crippen molar-refractivity contribution in [1.29, 1.82) is 0 Å². The van der Waals surface area contributed by atoms with Crippen LogP contribution in [0.25, 0.3) is 0 Å². The first-order valence-corrected chi connectivity index (χ1v) is 6.68. The maximum Gasteiger partial charge on any atom is 0.131 e. The Morgan fingerprint density at radius 3 is 2.94 bits per heavy atom. The maximum absolute atomic E-state index is 5.91. The van der Waals surface area contributed by atoms with Crippen molar-refractivity contribution < 1.29 is 0 Å². The fourth-order valence-electron chi connectivity index (χ4n) is 2.58. The van der Waals surface area contributed by atoms with Gasteiger partial charge in [0.05, 0.1) is 0 Å². The van der Waals surface area contributed by atoms with Crippen molar-refractivity contribution in [3.8, 4) is 0 Å². The molecule has 1 fully saturated rings. The number of nitrogens with zero attached hydrogens (tertiary/aromatic N) is 3. The van der Waals surface area contributed by atoms with E-state index in [1.54, 1.807) is 0 Å². The van der Waals surface area contributed by atoms with Gasteiger partial charge in [0, 0.05) is 31.4 Å². The second-order valence-corrected chi connectivity index (χ2v) is 5.52. The Balaban J connectivity index is 2.14. The zero-order valence-electron chi connectivity index (χ0n) is 11.6. The van der Waals surface area contributed by atoms with Crippen LogP contribution < -0.4 is 10.6 Å². The highest BCUT2D eigenvalue weighted by atomic mass is 15.3. The number of anilines is 1. The molecule has 1 aromatic rings. The average molecular weight is 248 g/mol. The van der Waals surface area contributed by atoms with Crippen LogP contribution in [0.2, 0.25) is 0 Å². The van der Waals surface area contributed by atoms with E-state index < -0.39 is 0 Å². The van der Waals surface area contributed by atoms with E-state index in [1.165, 1.54) is 12.0 Å². The Bertz CT molecular complexity index is 389. The third-order valence-corrected chi connectivity index (χ3v) is 3.60. The molecular formula is C14H24N4. The summed E-state index contributed by atoms with van der Waals surface area (Å²) in [4.78, 5) is 9.25. The summed E-state index contributed by atoms with van der Waals surface area (Å²) < 4.78 is 0. The van der Waals surface area contributed by atoms with Gasteiger partial charge in [0.25, 0.3) is 0 Å². The number of pyridine rings is 1. The lowest BCUT2D eigenvalue weighted by atomic mass is 10.1. The lowest BCUT2D eigenvalue weighted by Crippen LogP contribution is -2.32. The van der Waals surface area contributed by atoms with Gasteiger partial charge >= 0.3 is 0 Å². The Morgan fingerprint density at radius 1 is 1.56 bits per heavy atom. The van der Waals surface area contributed by atoms with Gasteiger partial charge in [0.15, 0.2) is 0 Å². The van der Waals surface area contributed by atoms with Crippen LogP contribution in [-0.2, 0) is 6.42 Å². The molecule has 0 radical (unpaired) electrons. The fourth-order valence-corrected chi connectivity index (χ4v) is 2.58. The smallest absolute Gasteiger partial charge is 0.131 e. The van der Waals surface area contributed by atoms with Crippen LogP contribution in [0.4, 0.5) is 5.82 Å². The molecule has 2 N–H and O–H groups in total. The van der Waals surface area contributed by atoms with E-state index in [0.717, 1.165) is 25.3 Å². The van der Waals surface area contributed by atoms with Crippen LogP contribution in [0.3, 0.4) is 0 Å². The molecule has 0 aliphatic carbocycles. The number of aromatic nitrogens is 1. The fraction of sp³-hybridized carbons (Fsp3) is 0.643. The summed E-state index contributed by atoms with van der Waals surface area (Å²) >= 11 is 0. The molecule has 2 unspecified atom stereocenters. The van der Waals surface area contributed by atoms with Crippen molar-refractivity contribution in [3.05, 3.63) is 23.9 Å². The SMILES string of the molecule is CC(N)Cc1cccnc1N1CCC(N(C)C)C1. The maximum atomic E-state index is 5.91. The first kappa shape index (κ1) is 13.3. The minimum Gasteiger partial charge on any atom is -0.355 e. The minimum atomic E-state index is 0.181. The number of rotatable bonds is 4. The Morgan fingerprint density at radius 2 is 2.33 bits per heavy atom. The van der Waals surface area contributed by atoms with E-state index >= 15 is 0 Å². The highest BCUT2D eigenvalue weighted by molar-refractivity contribution is 5.48. The van der Waals surface area contributed by atoms with Crippen LogP contribution in [0.15, 0.2) is 18.3 Å². The summed E-state index contributed by atoms with van der Waals surface area (Å²) in [6.07, 6.45) is 3.98. The lowest BCUT2D eigenvalue weighted by molar-refractivity contribution is 0.315. The summed E-state index contributed by atoms with van der Waals surface area (Å²) in [7, 11) is 4.30. The molecule has 0 bridgehead atoms. The van der Waals surface area contributed by atoms with Gasteiger partial charge in [0.1, 0.15) is 5.82 Å². The monoisotopic (exact) mass is 248 g/mol. The topological polar surface area (TPSA) is 45.4 Å². The molecule has 1 aliphatic rings. The normalized spacial score (nSPS) is 21.6. The van der Waals surface area contributed by atoms with E-state index in [-0.39, 0.29) is 6.04 Å². The van der Waals surface area contributed by atoms with Gasteiger partial charge in [-0.05, 0) is 45.5 Å². The first-order chi connectivity index (χ1) is 8.58. The van der Waals surface area contributed by atoms with Crippen LogP contribution >= 0.6 is 0 Å². The average Bonchev–Trinajstić information content (AvgIpc) is 2.78. The predicted octanol–water partition coefficient (Wildman–Crippen LogP) is 1.11. The number of hydrogen-bond donors (Lipinski definition) is 1. The molecule has 100 valence electrons. The van der Waals surface area contributed by atoms with E-state index in [0.29, 0.717) is 6.04 Å². The minimum absolute atomic E-state index is 0.181. The molecule has 0 aromatic carbocycles. The third kappa shape index (κ3) is 3.00. The Kier molecular flexibility index (Phi) is 4.19. The lowest BCUT2D eigenvalue weighted by Gasteiger charge is -2.23. The number of likely N-dealkylation sites (N-methyl/N-ethyl adjacent to an activating group) is 1. The van der Waals surface area contributed by atoms with Crippen LogP contribution in [0, 0.1) is 0 Å². The third-order valence-electron chi connectivity index (χ3n) is 3.60. The van der Waals surface area contributed by atoms with Crippen molar-refractivity contribution in [1.82, 2.24) is 9.88 Å². The van der Waals surface area contributed by atoms with Crippen molar-refractivity contribution in [2.45, 2.75) is 31.8 Å². The molecule has 0 saturated carbocycles. The van der Waals surface area contributed by atoms with Gasteiger partial charge in [-0.3, -0.25) is 0 Å². The molecule has 2 atom stereocenters. The summed E-state index contributed by atoms with van der Waals surface area (Å²) in [5, 5.41) is 0.